The summed E-state index contributed by atoms with van der Waals surface area (Å²) in [6, 6.07) is 12.2. The molecule has 0 unspecified atom stereocenters. The monoisotopic (exact) mass is 401 g/mol. The minimum atomic E-state index is -4.74. The molecule has 0 aliphatic rings. The van der Waals surface area contributed by atoms with E-state index in [0.29, 0.717) is 22.4 Å². The summed E-state index contributed by atoms with van der Waals surface area (Å²) in [4.78, 5) is 15.8. The molecular formula is C16H11ClF3N3O2S. The Balaban J connectivity index is 1.69. The predicted molar refractivity (Wildman–Crippen MR) is 93.3 cm³/mol. The molecular weight excluding hydrogens is 391 g/mol. The summed E-state index contributed by atoms with van der Waals surface area (Å²) >= 11 is 6.93. The molecule has 0 radical (unpaired) electrons. The second kappa shape index (κ2) is 7.38. The molecule has 0 bridgehead atoms. The van der Waals surface area contributed by atoms with Gasteiger partial charge in [0.25, 0.3) is 0 Å². The normalized spacial score (nSPS) is 11.4. The van der Waals surface area contributed by atoms with E-state index in [-0.39, 0.29) is 5.75 Å². The molecule has 1 heterocycles. The van der Waals surface area contributed by atoms with Crippen molar-refractivity contribution in [1.82, 2.24) is 8.94 Å². The summed E-state index contributed by atoms with van der Waals surface area (Å²) in [6.07, 6.45) is -4.74. The maximum absolute atomic E-state index is 12.1. The second-order valence-electron chi connectivity index (χ2n) is 5.15. The highest BCUT2D eigenvalue weighted by molar-refractivity contribution is 7.10. The van der Waals surface area contributed by atoms with Crippen LogP contribution in [0.3, 0.4) is 0 Å². The first-order chi connectivity index (χ1) is 12.3. The second-order valence-corrected chi connectivity index (χ2v) is 6.60. The van der Waals surface area contributed by atoms with Gasteiger partial charge in [-0.05, 0) is 53.5 Å². The first-order valence-electron chi connectivity index (χ1n) is 7.24. The maximum atomic E-state index is 12.1. The molecule has 0 atom stereocenters. The Labute approximate surface area is 154 Å². The lowest BCUT2D eigenvalue weighted by atomic mass is 10.2. The summed E-state index contributed by atoms with van der Waals surface area (Å²) in [5, 5.41) is 3.81. The summed E-state index contributed by atoms with van der Waals surface area (Å²) in [7, 11) is 0. The number of alkyl halides is 3. The number of nitrogens with zero attached hydrogens (tertiary/aromatic N) is 2. The molecule has 0 saturated heterocycles. The van der Waals surface area contributed by atoms with Crippen molar-refractivity contribution < 1.29 is 17.9 Å². The van der Waals surface area contributed by atoms with Gasteiger partial charge in [0.2, 0.25) is 5.13 Å². The van der Waals surface area contributed by atoms with Crippen LogP contribution >= 0.6 is 23.1 Å². The minimum absolute atomic E-state index is 0.327. The van der Waals surface area contributed by atoms with Crippen molar-refractivity contribution in [1.29, 1.82) is 0 Å². The van der Waals surface area contributed by atoms with Gasteiger partial charge in [0.15, 0.2) is 0 Å². The number of aromatic nitrogens is 2. The highest BCUT2D eigenvalue weighted by atomic mass is 35.5. The van der Waals surface area contributed by atoms with Crippen LogP contribution in [0.5, 0.6) is 5.75 Å². The van der Waals surface area contributed by atoms with Gasteiger partial charge in [0, 0.05) is 10.7 Å². The van der Waals surface area contributed by atoms with Crippen LogP contribution < -0.4 is 15.7 Å². The Kier molecular flexibility index (Phi) is 5.19. The average Bonchev–Trinajstić information content (AvgIpc) is 2.89. The third-order valence-corrected chi connectivity index (χ3v) is 4.31. The van der Waals surface area contributed by atoms with E-state index in [9.17, 15) is 18.0 Å². The molecule has 0 aliphatic carbocycles. The van der Waals surface area contributed by atoms with Crippen LogP contribution in [0.15, 0.2) is 53.3 Å². The summed E-state index contributed by atoms with van der Waals surface area (Å²) in [6.45, 7) is 0.341. The Bertz CT molecular complexity index is 937. The molecule has 26 heavy (non-hydrogen) atoms. The molecule has 136 valence electrons. The van der Waals surface area contributed by atoms with Gasteiger partial charge in [-0.1, -0.05) is 23.7 Å². The van der Waals surface area contributed by atoms with Crippen LogP contribution in [0.1, 0.15) is 5.56 Å². The van der Waals surface area contributed by atoms with Gasteiger partial charge in [-0.25, -0.2) is 8.75 Å². The fourth-order valence-corrected chi connectivity index (χ4v) is 3.03. The Morgan fingerprint density at radius 3 is 2.38 bits per heavy atom. The maximum Gasteiger partial charge on any atom is 0.573 e. The van der Waals surface area contributed by atoms with Crippen LogP contribution in [0, 0.1) is 0 Å². The van der Waals surface area contributed by atoms with E-state index in [1.54, 1.807) is 24.3 Å². The van der Waals surface area contributed by atoms with Gasteiger partial charge in [-0.2, -0.15) is 4.98 Å². The highest BCUT2D eigenvalue weighted by Gasteiger charge is 2.30. The number of hydrogen-bond donors (Lipinski definition) is 1. The lowest BCUT2D eigenvalue weighted by molar-refractivity contribution is -0.274. The van der Waals surface area contributed by atoms with E-state index >= 15 is 0 Å². The van der Waals surface area contributed by atoms with Crippen molar-refractivity contribution in [3.05, 3.63) is 69.6 Å². The van der Waals surface area contributed by atoms with Gasteiger partial charge in [0.05, 0.1) is 6.54 Å². The fourth-order valence-electron chi connectivity index (χ4n) is 2.08. The Hall–Kier alpha value is -2.52. The zero-order valence-corrected chi connectivity index (χ0v) is 14.5. The van der Waals surface area contributed by atoms with Gasteiger partial charge in [0.1, 0.15) is 5.75 Å². The predicted octanol–water partition coefficient (Wildman–Crippen LogP) is 4.65. The third kappa shape index (κ3) is 4.99. The average molecular weight is 402 g/mol. The first kappa shape index (κ1) is 18.3. The highest BCUT2D eigenvalue weighted by Crippen LogP contribution is 2.25. The summed E-state index contributed by atoms with van der Waals surface area (Å²) < 4.78 is 41.7. The molecule has 3 rings (SSSR count). The lowest BCUT2D eigenvalue weighted by Gasteiger charge is -2.09. The van der Waals surface area contributed by atoms with Crippen LogP contribution in [0.4, 0.5) is 24.0 Å². The SMILES string of the molecule is O=c1nc(Nc2ccc(OC(F)(F)F)cc2)sn1Cc1ccc(Cl)cc1. The lowest BCUT2D eigenvalue weighted by Crippen LogP contribution is -2.17. The molecule has 0 saturated carbocycles. The molecule has 2 aromatic carbocycles. The smallest absolute Gasteiger partial charge is 0.406 e. The van der Waals surface area contributed by atoms with E-state index in [4.69, 9.17) is 11.6 Å². The largest absolute Gasteiger partial charge is 0.573 e. The van der Waals surface area contributed by atoms with E-state index in [1.165, 1.54) is 28.2 Å². The number of ether oxygens (including phenoxy) is 1. The van der Waals surface area contributed by atoms with E-state index in [2.05, 4.69) is 15.0 Å². The number of nitrogens with one attached hydrogen (secondary N) is 1. The van der Waals surface area contributed by atoms with E-state index < -0.39 is 12.1 Å². The van der Waals surface area contributed by atoms with Gasteiger partial charge < -0.3 is 10.1 Å². The third-order valence-electron chi connectivity index (χ3n) is 3.19. The van der Waals surface area contributed by atoms with Crippen molar-refractivity contribution in [2.45, 2.75) is 12.9 Å². The molecule has 1 N–H and O–H groups in total. The van der Waals surface area contributed by atoms with Gasteiger partial charge in [-0.3, -0.25) is 0 Å². The van der Waals surface area contributed by atoms with Crippen LogP contribution in [-0.4, -0.2) is 15.3 Å². The summed E-state index contributed by atoms with van der Waals surface area (Å²) in [5.41, 5.74) is 0.941. The van der Waals surface area contributed by atoms with E-state index in [0.717, 1.165) is 17.1 Å². The van der Waals surface area contributed by atoms with Crippen molar-refractivity contribution in [2.24, 2.45) is 0 Å². The standard InChI is InChI=1S/C16H11ClF3N3O2S/c17-11-3-1-10(2-4-11)9-23-15(24)22-14(26-23)21-12-5-7-13(8-6-12)25-16(18,19)20/h1-8H,9H2,(H,21,22,24). The Morgan fingerprint density at radius 1 is 1.12 bits per heavy atom. The molecule has 0 amide bonds. The fraction of sp³-hybridized carbons (Fsp3) is 0.125. The quantitative estimate of drug-likeness (QED) is 0.676. The Morgan fingerprint density at radius 2 is 1.77 bits per heavy atom. The molecule has 3 aromatic rings. The van der Waals surface area contributed by atoms with Crippen molar-refractivity contribution >= 4 is 34.0 Å². The zero-order chi connectivity index (χ0) is 18.7. The van der Waals surface area contributed by atoms with Crippen molar-refractivity contribution in [3.8, 4) is 5.75 Å². The molecule has 1 aromatic heterocycles. The zero-order valence-electron chi connectivity index (χ0n) is 13.0. The molecule has 0 fully saturated rings. The number of halogens is 4. The van der Waals surface area contributed by atoms with Crippen LogP contribution in [0.2, 0.25) is 5.02 Å². The van der Waals surface area contributed by atoms with Gasteiger partial charge in [-0.15, -0.1) is 13.2 Å². The number of benzene rings is 2. The molecule has 10 heteroatoms. The number of rotatable bonds is 5. The minimum Gasteiger partial charge on any atom is -0.406 e. The van der Waals surface area contributed by atoms with Gasteiger partial charge >= 0.3 is 12.1 Å². The van der Waals surface area contributed by atoms with Crippen molar-refractivity contribution in [2.75, 3.05) is 5.32 Å². The van der Waals surface area contributed by atoms with Crippen molar-refractivity contribution in [3.63, 3.8) is 0 Å². The topological polar surface area (TPSA) is 56.1 Å². The first-order valence-corrected chi connectivity index (χ1v) is 8.39. The van der Waals surface area contributed by atoms with E-state index in [1.807, 2.05) is 0 Å². The number of hydrogen-bond acceptors (Lipinski definition) is 5. The van der Waals surface area contributed by atoms with Crippen LogP contribution in [0.25, 0.3) is 0 Å². The summed E-state index contributed by atoms with van der Waals surface area (Å²) in [5.74, 6) is -0.329. The van der Waals surface area contributed by atoms with Crippen LogP contribution in [-0.2, 0) is 6.54 Å². The number of anilines is 2. The molecule has 5 nitrogen and oxygen atoms in total. The molecule has 0 spiro atoms. The molecule has 0 aliphatic heterocycles.